The molecule has 108 valence electrons. The molecule has 0 spiro atoms. The van der Waals surface area contributed by atoms with E-state index in [4.69, 9.17) is 0 Å². The predicted molar refractivity (Wildman–Crippen MR) is 73.4 cm³/mol. The highest BCUT2D eigenvalue weighted by atomic mass is 19.4. The molecule has 0 saturated carbocycles. The Morgan fingerprint density at radius 3 is 2.75 bits per heavy atom. The molecule has 0 radical (unpaired) electrons. The summed E-state index contributed by atoms with van der Waals surface area (Å²) in [6, 6.07) is 9.87. The second kappa shape index (κ2) is 6.70. The number of rotatable bonds is 6. The third-order valence-electron chi connectivity index (χ3n) is 3.06. The Bertz CT molecular complexity index is 552. The molecule has 1 aromatic heterocycles. The SMILES string of the molecule is FC(F)(F)CCCCNCc1ccc2ncccc2c1. The molecule has 1 N–H and O–H groups in total. The lowest BCUT2D eigenvalue weighted by Gasteiger charge is -2.07. The van der Waals surface area contributed by atoms with Crippen molar-refractivity contribution < 1.29 is 13.2 Å². The van der Waals surface area contributed by atoms with E-state index in [1.54, 1.807) is 6.20 Å². The van der Waals surface area contributed by atoms with Gasteiger partial charge in [-0.1, -0.05) is 12.1 Å². The van der Waals surface area contributed by atoms with Crippen LogP contribution in [0.3, 0.4) is 0 Å². The van der Waals surface area contributed by atoms with Crippen molar-refractivity contribution in [3.63, 3.8) is 0 Å². The summed E-state index contributed by atoms with van der Waals surface area (Å²) >= 11 is 0. The molecular weight excluding hydrogens is 265 g/mol. The number of fused-ring (bicyclic) bond motifs is 1. The van der Waals surface area contributed by atoms with Crippen molar-refractivity contribution in [1.82, 2.24) is 10.3 Å². The number of nitrogens with one attached hydrogen (secondary N) is 1. The first-order valence-electron chi connectivity index (χ1n) is 6.66. The average molecular weight is 282 g/mol. The quantitative estimate of drug-likeness (QED) is 0.808. The van der Waals surface area contributed by atoms with Crippen molar-refractivity contribution in [2.75, 3.05) is 6.54 Å². The maximum atomic E-state index is 12.0. The Morgan fingerprint density at radius 2 is 1.95 bits per heavy atom. The van der Waals surface area contributed by atoms with Crippen LogP contribution in [0.4, 0.5) is 13.2 Å². The molecule has 0 fully saturated rings. The minimum atomic E-state index is -4.04. The van der Waals surface area contributed by atoms with E-state index in [0.29, 0.717) is 19.5 Å². The van der Waals surface area contributed by atoms with Gasteiger partial charge in [0.1, 0.15) is 0 Å². The average Bonchev–Trinajstić information content (AvgIpc) is 2.41. The third kappa shape index (κ3) is 4.81. The molecule has 0 amide bonds. The number of pyridine rings is 1. The Labute approximate surface area is 116 Å². The minimum absolute atomic E-state index is 0.179. The molecule has 20 heavy (non-hydrogen) atoms. The third-order valence-corrected chi connectivity index (χ3v) is 3.06. The van der Waals surface area contributed by atoms with Gasteiger partial charge in [-0.3, -0.25) is 4.98 Å². The standard InChI is InChI=1S/C15H17F3N2/c16-15(17,18)7-1-2-8-19-11-12-5-6-14-13(10-12)4-3-9-20-14/h3-6,9-10,19H,1-2,7-8,11H2. The minimum Gasteiger partial charge on any atom is -0.313 e. The molecular formula is C15H17F3N2. The summed E-state index contributed by atoms with van der Waals surface area (Å²) in [6.45, 7) is 1.26. The van der Waals surface area contributed by atoms with E-state index in [2.05, 4.69) is 10.3 Å². The summed E-state index contributed by atoms with van der Waals surface area (Å²) in [5.74, 6) is 0. The highest BCUT2D eigenvalue weighted by Gasteiger charge is 2.25. The van der Waals surface area contributed by atoms with Gasteiger partial charge in [-0.25, -0.2) is 0 Å². The number of halogens is 3. The molecule has 1 aromatic carbocycles. The van der Waals surface area contributed by atoms with Crippen molar-refractivity contribution in [2.45, 2.75) is 32.0 Å². The van der Waals surface area contributed by atoms with Crippen LogP contribution in [0.5, 0.6) is 0 Å². The van der Waals surface area contributed by atoms with E-state index in [-0.39, 0.29) is 6.42 Å². The number of nitrogens with zero attached hydrogens (tertiary/aromatic N) is 1. The van der Waals surface area contributed by atoms with Gasteiger partial charge in [0.15, 0.2) is 0 Å². The van der Waals surface area contributed by atoms with Crippen LogP contribution in [-0.4, -0.2) is 17.7 Å². The number of hydrogen-bond acceptors (Lipinski definition) is 2. The van der Waals surface area contributed by atoms with E-state index in [9.17, 15) is 13.2 Å². The van der Waals surface area contributed by atoms with Gasteiger partial charge in [0.25, 0.3) is 0 Å². The summed E-state index contributed by atoms with van der Waals surface area (Å²) in [4.78, 5) is 4.24. The van der Waals surface area contributed by atoms with Crippen molar-refractivity contribution in [3.05, 3.63) is 42.1 Å². The summed E-state index contributed by atoms with van der Waals surface area (Å²) in [6.07, 6.45) is -2.27. The number of hydrogen-bond donors (Lipinski definition) is 1. The Kier molecular flexibility index (Phi) is 4.95. The van der Waals surface area contributed by atoms with Crippen LogP contribution in [-0.2, 0) is 6.54 Å². The first-order chi connectivity index (χ1) is 9.54. The zero-order valence-electron chi connectivity index (χ0n) is 11.1. The normalized spacial score (nSPS) is 11.9. The predicted octanol–water partition coefficient (Wildman–Crippen LogP) is 4.06. The van der Waals surface area contributed by atoms with Crippen molar-refractivity contribution >= 4 is 10.9 Å². The largest absolute Gasteiger partial charge is 0.389 e. The lowest BCUT2D eigenvalue weighted by molar-refractivity contribution is -0.135. The van der Waals surface area contributed by atoms with Gasteiger partial charge in [-0.05, 0) is 43.1 Å². The lowest BCUT2D eigenvalue weighted by atomic mass is 10.1. The topological polar surface area (TPSA) is 24.9 Å². The van der Waals surface area contributed by atoms with Crippen LogP contribution >= 0.6 is 0 Å². The number of unbranched alkanes of at least 4 members (excludes halogenated alkanes) is 1. The number of benzene rings is 1. The van der Waals surface area contributed by atoms with Gasteiger partial charge >= 0.3 is 6.18 Å². The highest BCUT2D eigenvalue weighted by molar-refractivity contribution is 5.78. The van der Waals surface area contributed by atoms with Crippen LogP contribution in [0.2, 0.25) is 0 Å². The summed E-state index contributed by atoms with van der Waals surface area (Å²) < 4.78 is 35.9. The van der Waals surface area contributed by atoms with Crippen LogP contribution < -0.4 is 5.32 Å². The van der Waals surface area contributed by atoms with E-state index >= 15 is 0 Å². The molecule has 0 unspecified atom stereocenters. The van der Waals surface area contributed by atoms with Crippen LogP contribution in [0, 0.1) is 0 Å². The maximum Gasteiger partial charge on any atom is 0.389 e. The van der Waals surface area contributed by atoms with E-state index < -0.39 is 12.6 Å². The Morgan fingerprint density at radius 1 is 1.10 bits per heavy atom. The first kappa shape index (κ1) is 14.8. The molecule has 2 nitrogen and oxygen atoms in total. The van der Waals surface area contributed by atoms with Gasteiger partial charge in [-0.15, -0.1) is 0 Å². The summed E-state index contributed by atoms with van der Waals surface area (Å²) in [5.41, 5.74) is 2.06. The van der Waals surface area contributed by atoms with Crippen molar-refractivity contribution in [1.29, 1.82) is 0 Å². The van der Waals surface area contributed by atoms with Gasteiger partial charge in [0.05, 0.1) is 5.52 Å². The van der Waals surface area contributed by atoms with Gasteiger partial charge in [0, 0.05) is 24.5 Å². The fourth-order valence-electron chi connectivity index (χ4n) is 2.04. The molecule has 0 atom stereocenters. The van der Waals surface area contributed by atoms with Crippen molar-refractivity contribution in [3.8, 4) is 0 Å². The maximum absolute atomic E-state index is 12.0. The monoisotopic (exact) mass is 282 g/mol. The van der Waals surface area contributed by atoms with E-state index in [1.165, 1.54) is 0 Å². The fraction of sp³-hybridized carbons (Fsp3) is 0.400. The summed E-state index contributed by atoms with van der Waals surface area (Å²) in [7, 11) is 0. The van der Waals surface area contributed by atoms with E-state index in [1.807, 2.05) is 30.3 Å². The van der Waals surface area contributed by atoms with Gasteiger partial charge in [-0.2, -0.15) is 13.2 Å². The fourth-order valence-corrected chi connectivity index (χ4v) is 2.04. The number of alkyl halides is 3. The summed E-state index contributed by atoms with van der Waals surface area (Å²) in [5, 5.41) is 4.24. The molecule has 5 heteroatoms. The zero-order chi connectivity index (χ0) is 14.4. The molecule has 0 bridgehead atoms. The molecule has 0 aliphatic carbocycles. The van der Waals surface area contributed by atoms with E-state index in [0.717, 1.165) is 16.5 Å². The second-order valence-corrected chi connectivity index (χ2v) is 4.78. The number of aromatic nitrogens is 1. The smallest absolute Gasteiger partial charge is 0.313 e. The zero-order valence-corrected chi connectivity index (χ0v) is 11.1. The Hall–Kier alpha value is -1.62. The van der Waals surface area contributed by atoms with Crippen molar-refractivity contribution in [2.24, 2.45) is 0 Å². The molecule has 0 saturated heterocycles. The lowest BCUT2D eigenvalue weighted by Crippen LogP contribution is -2.15. The van der Waals surface area contributed by atoms with Crippen LogP contribution in [0.15, 0.2) is 36.5 Å². The molecule has 2 rings (SSSR count). The highest BCUT2D eigenvalue weighted by Crippen LogP contribution is 2.21. The van der Waals surface area contributed by atoms with Crippen LogP contribution in [0.25, 0.3) is 10.9 Å². The Balaban J connectivity index is 1.73. The molecule has 0 aliphatic heterocycles. The molecule has 1 heterocycles. The second-order valence-electron chi connectivity index (χ2n) is 4.78. The van der Waals surface area contributed by atoms with Gasteiger partial charge in [0.2, 0.25) is 0 Å². The first-order valence-corrected chi connectivity index (χ1v) is 6.66. The van der Waals surface area contributed by atoms with Crippen LogP contribution in [0.1, 0.15) is 24.8 Å². The van der Waals surface area contributed by atoms with Gasteiger partial charge < -0.3 is 5.32 Å². The molecule has 2 aromatic rings. The molecule has 0 aliphatic rings.